The molecule has 0 saturated carbocycles. The number of anilines is 2. The highest BCUT2D eigenvalue weighted by atomic mass is 16.5. The number of allylic oxidation sites excluding steroid dienone is 2. The molecule has 5 aromatic carbocycles. The fourth-order valence-corrected chi connectivity index (χ4v) is 6.40. The minimum Gasteiger partial charge on any atom is -0.466 e. The summed E-state index contributed by atoms with van der Waals surface area (Å²) in [5, 5.41) is 5.71. The molecule has 5 nitrogen and oxygen atoms in total. The van der Waals surface area contributed by atoms with Crippen molar-refractivity contribution in [1.29, 1.82) is 0 Å². The van der Waals surface area contributed by atoms with E-state index in [-0.39, 0.29) is 6.23 Å². The van der Waals surface area contributed by atoms with Crippen LogP contribution in [0.4, 0.5) is 11.5 Å². The van der Waals surface area contributed by atoms with Crippen molar-refractivity contribution in [3.05, 3.63) is 163 Å². The quantitative estimate of drug-likeness (QED) is 0.219. The van der Waals surface area contributed by atoms with Gasteiger partial charge in [-0.05, 0) is 59.2 Å². The second-order valence-electron chi connectivity index (χ2n) is 11.2. The van der Waals surface area contributed by atoms with Crippen molar-refractivity contribution in [2.45, 2.75) is 6.23 Å². The lowest BCUT2D eigenvalue weighted by Crippen LogP contribution is -2.40. The van der Waals surface area contributed by atoms with Gasteiger partial charge in [-0.3, -0.25) is 4.90 Å². The van der Waals surface area contributed by atoms with E-state index >= 15 is 0 Å². The Morgan fingerprint density at radius 3 is 2.18 bits per heavy atom. The molecule has 0 saturated heterocycles. The van der Waals surface area contributed by atoms with Gasteiger partial charge in [0.05, 0.1) is 5.69 Å². The number of hydrogen-bond acceptors (Lipinski definition) is 5. The van der Waals surface area contributed by atoms with Crippen LogP contribution in [0.3, 0.4) is 0 Å². The molecule has 45 heavy (non-hydrogen) atoms. The van der Waals surface area contributed by atoms with Gasteiger partial charge in [0.15, 0.2) is 6.23 Å². The summed E-state index contributed by atoms with van der Waals surface area (Å²) in [6.07, 6.45) is 3.95. The minimum atomic E-state index is -0.308. The zero-order valence-electron chi connectivity index (χ0n) is 24.2. The van der Waals surface area contributed by atoms with Crippen LogP contribution in [-0.4, -0.2) is 11.2 Å². The molecular weight excluding hydrogens is 554 g/mol. The molecule has 2 aliphatic rings. The average molecular weight is 582 g/mol. The van der Waals surface area contributed by atoms with E-state index in [2.05, 4.69) is 119 Å². The smallest absolute Gasteiger partial charge is 0.229 e. The summed E-state index contributed by atoms with van der Waals surface area (Å²) in [5.74, 6) is 2.47. The summed E-state index contributed by atoms with van der Waals surface area (Å²) in [5.41, 5.74) is 9.19. The van der Waals surface area contributed by atoms with E-state index in [1.165, 1.54) is 11.1 Å². The molecule has 1 unspecified atom stereocenters. The Bertz CT molecular complexity index is 2280. The van der Waals surface area contributed by atoms with E-state index in [1.54, 1.807) is 0 Å². The number of benzene rings is 5. The van der Waals surface area contributed by atoms with E-state index in [4.69, 9.17) is 14.1 Å². The van der Waals surface area contributed by atoms with Crippen molar-refractivity contribution in [2.75, 3.05) is 4.90 Å². The number of nitrogens with one attached hydrogen (secondary N) is 1. The largest absolute Gasteiger partial charge is 0.466 e. The van der Waals surface area contributed by atoms with Crippen molar-refractivity contribution >= 4 is 39.1 Å². The van der Waals surface area contributed by atoms with Gasteiger partial charge in [-0.1, -0.05) is 109 Å². The Balaban J connectivity index is 1.19. The van der Waals surface area contributed by atoms with Crippen LogP contribution >= 0.6 is 0 Å². The van der Waals surface area contributed by atoms with Crippen LogP contribution in [0.5, 0.6) is 5.75 Å². The van der Waals surface area contributed by atoms with Gasteiger partial charge in [0, 0.05) is 27.5 Å². The first-order chi connectivity index (χ1) is 22.3. The van der Waals surface area contributed by atoms with Crippen LogP contribution in [0.25, 0.3) is 49.9 Å². The van der Waals surface area contributed by atoms with Crippen LogP contribution in [0.15, 0.2) is 162 Å². The molecule has 0 spiro atoms. The minimum absolute atomic E-state index is 0.308. The lowest BCUT2D eigenvalue weighted by atomic mass is 9.98. The molecule has 1 atom stereocenters. The van der Waals surface area contributed by atoms with Crippen LogP contribution in [0.1, 0.15) is 5.56 Å². The molecule has 0 radical (unpaired) electrons. The number of dihydropyridines is 1. The maximum atomic E-state index is 6.36. The highest BCUT2D eigenvalue weighted by molar-refractivity contribution is 6.04. The summed E-state index contributed by atoms with van der Waals surface area (Å²) >= 11 is 0. The van der Waals surface area contributed by atoms with Crippen molar-refractivity contribution < 1.29 is 9.15 Å². The first kappa shape index (κ1) is 25.4. The Hall–Kier alpha value is -6.07. The number of para-hydroxylation sites is 3. The molecule has 0 fully saturated rings. The number of nitrogens with zero attached hydrogens (tertiary/aromatic N) is 2. The van der Waals surface area contributed by atoms with E-state index in [0.717, 1.165) is 61.7 Å². The second-order valence-corrected chi connectivity index (χ2v) is 11.2. The number of ether oxygens (including phenoxy) is 1. The van der Waals surface area contributed by atoms with Crippen molar-refractivity contribution in [1.82, 2.24) is 10.3 Å². The number of pyridine rings is 1. The summed E-state index contributed by atoms with van der Waals surface area (Å²) in [7, 11) is 0. The Labute approximate surface area is 260 Å². The molecule has 0 aliphatic carbocycles. The number of hydrogen-bond donors (Lipinski definition) is 1. The number of furan rings is 1. The third kappa shape index (κ3) is 4.28. The van der Waals surface area contributed by atoms with Crippen molar-refractivity contribution in [3.63, 3.8) is 0 Å². The molecule has 5 heteroatoms. The zero-order valence-corrected chi connectivity index (χ0v) is 24.2. The van der Waals surface area contributed by atoms with E-state index in [9.17, 15) is 0 Å². The first-order valence-corrected chi connectivity index (χ1v) is 15.1. The molecule has 214 valence electrons. The molecule has 1 N–H and O–H groups in total. The van der Waals surface area contributed by atoms with Gasteiger partial charge < -0.3 is 14.5 Å². The van der Waals surface area contributed by atoms with Crippen molar-refractivity contribution in [2.24, 2.45) is 0 Å². The number of rotatable bonds is 5. The normalized spacial score (nSPS) is 15.1. The molecule has 2 aliphatic heterocycles. The van der Waals surface area contributed by atoms with Gasteiger partial charge in [-0.2, -0.15) is 4.98 Å². The Morgan fingerprint density at radius 1 is 0.578 bits per heavy atom. The second kappa shape index (κ2) is 10.3. The van der Waals surface area contributed by atoms with E-state index in [1.807, 2.05) is 42.5 Å². The zero-order chi connectivity index (χ0) is 29.7. The first-order valence-electron chi connectivity index (χ1n) is 15.1. The van der Waals surface area contributed by atoms with Gasteiger partial charge >= 0.3 is 0 Å². The van der Waals surface area contributed by atoms with Gasteiger partial charge in [0.2, 0.25) is 5.71 Å². The molecule has 0 amide bonds. The maximum Gasteiger partial charge on any atom is 0.229 e. The summed E-state index contributed by atoms with van der Waals surface area (Å²) < 4.78 is 12.6. The third-order valence-electron chi connectivity index (χ3n) is 8.57. The number of aromatic nitrogens is 1. The van der Waals surface area contributed by atoms with Gasteiger partial charge in [0.1, 0.15) is 23.0 Å². The molecule has 7 aromatic rings. The maximum absolute atomic E-state index is 6.36. The predicted molar refractivity (Wildman–Crippen MR) is 181 cm³/mol. The van der Waals surface area contributed by atoms with Crippen molar-refractivity contribution in [3.8, 4) is 28.0 Å². The molecule has 2 aromatic heterocycles. The van der Waals surface area contributed by atoms with Crippen LogP contribution in [0, 0.1) is 0 Å². The van der Waals surface area contributed by atoms with E-state index < -0.39 is 0 Å². The lowest BCUT2D eigenvalue weighted by molar-refractivity contribution is 0.248. The Morgan fingerprint density at radius 2 is 1.29 bits per heavy atom. The lowest BCUT2D eigenvalue weighted by Gasteiger charge is -2.32. The fourth-order valence-electron chi connectivity index (χ4n) is 6.40. The van der Waals surface area contributed by atoms with E-state index in [0.29, 0.717) is 5.71 Å². The number of fused-ring (bicyclic) bond motifs is 6. The summed E-state index contributed by atoms with van der Waals surface area (Å²) in [6.45, 7) is 0. The van der Waals surface area contributed by atoms with Gasteiger partial charge in [-0.15, -0.1) is 0 Å². The van der Waals surface area contributed by atoms with Gasteiger partial charge in [0.25, 0.3) is 0 Å². The fraction of sp³-hybridized carbons (Fsp3) is 0.0250. The summed E-state index contributed by atoms with van der Waals surface area (Å²) in [6, 6.07) is 48.0. The average Bonchev–Trinajstić information content (AvgIpc) is 3.67. The highest BCUT2D eigenvalue weighted by Crippen LogP contribution is 2.42. The molecule has 9 rings (SSSR count). The predicted octanol–water partition coefficient (Wildman–Crippen LogP) is 9.70. The monoisotopic (exact) mass is 581 g/mol. The third-order valence-corrected chi connectivity index (χ3v) is 8.57. The van der Waals surface area contributed by atoms with Crippen LogP contribution in [0.2, 0.25) is 0 Å². The van der Waals surface area contributed by atoms with Gasteiger partial charge in [-0.25, -0.2) is 0 Å². The Kier molecular flexibility index (Phi) is 5.81. The standard InChI is InChI=1S/C40H27N3O2/c1-2-10-26(11-3-1)27-18-20-28(21-19-27)29-12-4-7-15-34(29)43(37-24-22-32-30-13-5-8-16-35(30)44-39(32)41-37)38-25-23-33-31-14-6-9-17-36(31)45-40(33)42-38/h1-25,39,41H. The molecule has 0 bridgehead atoms. The molecule has 4 heterocycles. The topological polar surface area (TPSA) is 50.5 Å². The molecular formula is C40H27N3O2. The van der Waals surface area contributed by atoms with Crippen LogP contribution < -0.4 is 15.0 Å². The van der Waals surface area contributed by atoms with Crippen LogP contribution in [-0.2, 0) is 0 Å². The summed E-state index contributed by atoms with van der Waals surface area (Å²) in [4.78, 5) is 7.25. The highest BCUT2D eigenvalue weighted by Gasteiger charge is 2.33. The SMILES string of the molecule is C1=C2c3ccccc3OC2NC(N(c2ccc3c(n2)oc2ccccc23)c2ccccc2-c2ccc(-c3ccccc3)cc2)=C1.